The van der Waals surface area contributed by atoms with Crippen LogP contribution in [0.1, 0.15) is 23.2 Å². The van der Waals surface area contributed by atoms with Gasteiger partial charge in [0.1, 0.15) is 0 Å². The van der Waals surface area contributed by atoms with Crippen molar-refractivity contribution >= 4 is 39.9 Å². The van der Waals surface area contributed by atoms with Crippen LogP contribution >= 0.6 is 22.9 Å². The predicted molar refractivity (Wildman–Crippen MR) is 90.8 cm³/mol. The molecule has 2 heterocycles. The molecule has 1 N–H and O–H groups in total. The van der Waals surface area contributed by atoms with Crippen LogP contribution in [0.15, 0.2) is 35.8 Å². The highest BCUT2D eigenvalue weighted by atomic mass is 35.5. The number of aromatic nitrogens is 1. The van der Waals surface area contributed by atoms with Crippen molar-refractivity contribution in [2.45, 2.75) is 12.8 Å². The van der Waals surface area contributed by atoms with Crippen molar-refractivity contribution in [1.82, 2.24) is 9.88 Å². The Hall–Kier alpha value is -1.92. The zero-order chi connectivity index (χ0) is 16.2. The second kappa shape index (κ2) is 7.10. The van der Waals surface area contributed by atoms with Gasteiger partial charge in [-0.1, -0.05) is 11.6 Å². The van der Waals surface area contributed by atoms with Crippen molar-refractivity contribution in [2.24, 2.45) is 5.92 Å². The number of carbonyl (C=O) groups is 2. The zero-order valence-corrected chi connectivity index (χ0v) is 13.9. The van der Waals surface area contributed by atoms with Crippen LogP contribution < -0.4 is 5.32 Å². The quantitative estimate of drug-likeness (QED) is 0.924. The van der Waals surface area contributed by atoms with Crippen LogP contribution in [-0.4, -0.2) is 34.8 Å². The van der Waals surface area contributed by atoms with Gasteiger partial charge in [0, 0.05) is 35.3 Å². The van der Waals surface area contributed by atoms with Gasteiger partial charge in [-0.25, -0.2) is 4.98 Å². The van der Waals surface area contributed by atoms with E-state index in [9.17, 15) is 9.59 Å². The van der Waals surface area contributed by atoms with Crippen LogP contribution in [0.25, 0.3) is 0 Å². The normalized spacial score (nSPS) is 17.8. The number of benzene rings is 1. The van der Waals surface area contributed by atoms with Gasteiger partial charge >= 0.3 is 0 Å². The van der Waals surface area contributed by atoms with Crippen molar-refractivity contribution < 1.29 is 9.59 Å². The highest BCUT2D eigenvalue weighted by Crippen LogP contribution is 2.21. The molecule has 120 valence electrons. The minimum atomic E-state index is -0.205. The molecular formula is C16H16ClN3O2S. The largest absolute Gasteiger partial charge is 0.338 e. The summed E-state index contributed by atoms with van der Waals surface area (Å²) in [5.74, 6) is -0.342. The Labute approximate surface area is 143 Å². The Bertz CT molecular complexity index is 688. The first-order chi connectivity index (χ1) is 11.1. The lowest BCUT2D eigenvalue weighted by atomic mass is 9.96. The summed E-state index contributed by atoms with van der Waals surface area (Å²) in [7, 11) is 0. The van der Waals surface area contributed by atoms with Crippen molar-refractivity contribution in [1.29, 1.82) is 0 Å². The molecule has 3 rings (SSSR count). The lowest BCUT2D eigenvalue weighted by Gasteiger charge is -2.32. The number of anilines is 1. The highest BCUT2D eigenvalue weighted by Gasteiger charge is 2.29. The molecule has 1 saturated heterocycles. The molecule has 23 heavy (non-hydrogen) atoms. The molecule has 0 aliphatic carbocycles. The fourth-order valence-corrected chi connectivity index (χ4v) is 3.30. The summed E-state index contributed by atoms with van der Waals surface area (Å²) in [4.78, 5) is 30.6. The third kappa shape index (κ3) is 3.89. The Morgan fingerprint density at radius 2 is 2.09 bits per heavy atom. The lowest BCUT2D eigenvalue weighted by Crippen LogP contribution is -2.43. The molecule has 1 atom stereocenters. The average molecular weight is 350 g/mol. The second-order valence-electron chi connectivity index (χ2n) is 5.42. The molecule has 1 aliphatic heterocycles. The maximum absolute atomic E-state index is 12.5. The molecule has 0 radical (unpaired) electrons. The number of likely N-dealkylation sites (tertiary alicyclic amines) is 1. The molecule has 1 fully saturated rings. The Morgan fingerprint density at radius 1 is 1.30 bits per heavy atom. The van der Waals surface area contributed by atoms with E-state index in [0.29, 0.717) is 28.8 Å². The second-order valence-corrected chi connectivity index (χ2v) is 6.75. The summed E-state index contributed by atoms with van der Waals surface area (Å²) in [6.45, 7) is 1.10. The molecule has 0 unspecified atom stereocenters. The summed E-state index contributed by atoms with van der Waals surface area (Å²) >= 11 is 7.24. The van der Waals surface area contributed by atoms with Gasteiger partial charge in [0.25, 0.3) is 5.91 Å². The molecule has 2 amide bonds. The number of carbonyl (C=O) groups excluding carboxylic acids is 2. The first-order valence-corrected chi connectivity index (χ1v) is 8.64. The number of hydrogen-bond donors (Lipinski definition) is 1. The Balaban J connectivity index is 1.64. The maximum Gasteiger partial charge on any atom is 0.253 e. The van der Waals surface area contributed by atoms with Crippen LogP contribution in [0.5, 0.6) is 0 Å². The van der Waals surface area contributed by atoms with Crippen LogP contribution in [-0.2, 0) is 4.79 Å². The van der Waals surface area contributed by atoms with Gasteiger partial charge in [-0.2, -0.15) is 0 Å². The van der Waals surface area contributed by atoms with Gasteiger partial charge in [0.15, 0.2) is 5.13 Å². The lowest BCUT2D eigenvalue weighted by molar-refractivity contribution is -0.121. The summed E-state index contributed by atoms with van der Waals surface area (Å²) in [5.41, 5.74) is 0.593. The number of nitrogens with one attached hydrogen (secondary N) is 1. The van der Waals surface area contributed by atoms with E-state index >= 15 is 0 Å². The van der Waals surface area contributed by atoms with Crippen LogP contribution in [0.2, 0.25) is 5.02 Å². The molecular weight excluding hydrogens is 334 g/mol. The van der Waals surface area contributed by atoms with E-state index in [1.165, 1.54) is 11.3 Å². The third-order valence-corrected chi connectivity index (χ3v) is 4.77. The summed E-state index contributed by atoms with van der Waals surface area (Å²) in [6, 6.07) is 6.82. The van der Waals surface area contributed by atoms with Crippen molar-refractivity contribution in [3.63, 3.8) is 0 Å². The van der Waals surface area contributed by atoms with Gasteiger partial charge in [-0.05, 0) is 37.1 Å². The molecule has 0 saturated carbocycles. The standard InChI is InChI=1S/C16H16ClN3O2S/c17-13-5-3-11(4-6-13)15(22)20-8-1-2-12(10-20)14(21)19-16-18-7-9-23-16/h3-7,9,12H,1-2,8,10H2,(H,18,19,21)/t12-/m1/s1. The third-order valence-electron chi connectivity index (χ3n) is 3.83. The van der Waals surface area contributed by atoms with E-state index in [1.54, 1.807) is 35.4 Å². The maximum atomic E-state index is 12.5. The molecule has 5 nitrogen and oxygen atoms in total. The predicted octanol–water partition coefficient (Wildman–Crippen LogP) is 3.29. The Kier molecular flexibility index (Phi) is 4.93. The first kappa shape index (κ1) is 16.0. The summed E-state index contributed by atoms with van der Waals surface area (Å²) < 4.78 is 0. The molecule has 2 aromatic rings. The molecule has 0 spiro atoms. The molecule has 1 aromatic carbocycles. The van der Waals surface area contributed by atoms with Crippen molar-refractivity contribution in [2.75, 3.05) is 18.4 Å². The number of piperidine rings is 1. The van der Waals surface area contributed by atoms with E-state index < -0.39 is 0 Å². The first-order valence-electron chi connectivity index (χ1n) is 7.38. The van der Waals surface area contributed by atoms with Crippen LogP contribution in [0.3, 0.4) is 0 Å². The monoisotopic (exact) mass is 349 g/mol. The topological polar surface area (TPSA) is 62.3 Å². The summed E-state index contributed by atoms with van der Waals surface area (Å²) in [6.07, 6.45) is 3.24. The number of hydrogen-bond acceptors (Lipinski definition) is 4. The van der Waals surface area contributed by atoms with Crippen LogP contribution in [0.4, 0.5) is 5.13 Å². The van der Waals surface area contributed by atoms with Gasteiger partial charge in [-0.3, -0.25) is 9.59 Å². The minimum absolute atomic E-state index is 0.0617. The molecule has 0 bridgehead atoms. The van der Waals surface area contributed by atoms with Gasteiger partial charge in [0.05, 0.1) is 5.92 Å². The molecule has 7 heteroatoms. The number of halogens is 1. The molecule has 1 aliphatic rings. The van der Waals surface area contributed by atoms with E-state index in [0.717, 1.165) is 12.8 Å². The van der Waals surface area contributed by atoms with Gasteiger partial charge < -0.3 is 10.2 Å². The van der Waals surface area contributed by atoms with Gasteiger partial charge in [0.2, 0.25) is 5.91 Å². The number of amides is 2. The highest BCUT2D eigenvalue weighted by molar-refractivity contribution is 7.13. The number of rotatable bonds is 3. The van der Waals surface area contributed by atoms with Crippen molar-refractivity contribution in [3.05, 3.63) is 46.4 Å². The number of thiazole rings is 1. The Morgan fingerprint density at radius 3 is 2.78 bits per heavy atom. The average Bonchev–Trinajstić information content (AvgIpc) is 3.08. The van der Waals surface area contributed by atoms with E-state index in [-0.39, 0.29) is 17.7 Å². The van der Waals surface area contributed by atoms with E-state index in [4.69, 9.17) is 11.6 Å². The fraction of sp³-hybridized carbons (Fsp3) is 0.312. The van der Waals surface area contributed by atoms with E-state index in [1.807, 2.05) is 5.38 Å². The smallest absolute Gasteiger partial charge is 0.253 e. The summed E-state index contributed by atoms with van der Waals surface area (Å²) in [5, 5.41) is 5.82. The van der Waals surface area contributed by atoms with Crippen LogP contribution in [0, 0.1) is 5.92 Å². The minimum Gasteiger partial charge on any atom is -0.338 e. The SMILES string of the molecule is O=C(Nc1nccs1)[C@@H]1CCCN(C(=O)c2ccc(Cl)cc2)C1. The van der Waals surface area contributed by atoms with E-state index in [2.05, 4.69) is 10.3 Å². The fourth-order valence-electron chi connectivity index (χ4n) is 2.64. The number of nitrogens with zero attached hydrogens (tertiary/aromatic N) is 2. The molecule has 1 aromatic heterocycles. The van der Waals surface area contributed by atoms with Gasteiger partial charge in [-0.15, -0.1) is 11.3 Å². The van der Waals surface area contributed by atoms with Crippen molar-refractivity contribution in [3.8, 4) is 0 Å². The zero-order valence-electron chi connectivity index (χ0n) is 12.4.